The van der Waals surface area contributed by atoms with Gasteiger partial charge in [-0.05, 0) is 42.5 Å². The van der Waals surface area contributed by atoms with Crippen molar-refractivity contribution in [2.45, 2.75) is 12.0 Å². The number of rotatable bonds is 6. The van der Waals surface area contributed by atoms with Crippen LogP contribution in [0.3, 0.4) is 0 Å². The molecule has 0 bridgehead atoms. The Labute approximate surface area is 153 Å². The Morgan fingerprint density at radius 2 is 2.20 bits per heavy atom. The Kier molecular flexibility index (Phi) is 4.74. The molecule has 3 rings (SSSR count). The van der Waals surface area contributed by atoms with Crippen molar-refractivity contribution in [2.24, 2.45) is 0 Å². The van der Waals surface area contributed by atoms with Gasteiger partial charge >= 0.3 is 0 Å². The molecule has 0 fully saturated rings. The van der Waals surface area contributed by atoms with E-state index in [9.17, 15) is 14.7 Å². The van der Waals surface area contributed by atoms with Crippen LogP contribution in [0.15, 0.2) is 64.2 Å². The Morgan fingerprint density at radius 1 is 1.40 bits per heavy atom. The maximum absolute atomic E-state index is 12.8. The lowest BCUT2D eigenvalue weighted by Gasteiger charge is -2.21. The Bertz CT molecular complexity index is 856. The van der Waals surface area contributed by atoms with Crippen LogP contribution in [0.1, 0.15) is 17.7 Å². The van der Waals surface area contributed by atoms with Gasteiger partial charge in [0.05, 0.1) is 18.4 Å². The van der Waals surface area contributed by atoms with Gasteiger partial charge in [0.1, 0.15) is 5.76 Å². The summed E-state index contributed by atoms with van der Waals surface area (Å²) in [5.41, 5.74) is -0.904. The molecular formula is C19H16BrNO4. The smallest absolute Gasteiger partial charge is 0.264 e. The molecule has 0 unspecified atom stereocenters. The number of hydrogen-bond acceptors (Lipinski definition) is 4. The minimum absolute atomic E-state index is 0.256. The van der Waals surface area contributed by atoms with Gasteiger partial charge in [0.25, 0.3) is 5.91 Å². The quantitative estimate of drug-likeness (QED) is 0.594. The number of aliphatic hydroxyl groups is 1. The second-order valence-corrected chi connectivity index (χ2v) is 6.63. The summed E-state index contributed by atoms with van der Waals surface area (Å²) in [6, 6.07) is 8.60. The number of amides is 1. The number of carbonyl (C=O) groups excluding carboxylic acids is 2. The molecule has 6 heteroatoms. The largest absolute Gasteiger partial charge is 0.465 e. The monoisotopic (exact) mass is 401 g/mol. The Morgan fingerprint density at radius 3 is 2.88 bits per heavy atom. The van der Waals surface area contributed by atoms with Crippen molar-refractivity contribution in [2.75, 3.05) is 11.4 Å². The Hall–Kier alpha value is -2.44. The molecule has 1 aliphatic rings. The van der Waals surface area contributed by atoms with Gasteiger partial charge in [-0.3, -0.25) is 9.59 Å². The maximum atomic E-state index is 12.8. The molecular weight excluding hydrogens is 386 g/mol. The van der Waals surface area contributed by atoms with E-state index >= 15 is 0 Å². The zero-order valence-electron chi connectivity index (χ0n) is 13.3. The minimum Gasteiger partial charge on any atom is -0.465 e. The summed E-state index contributed by atoms with van der Waals surface area (Å²) in [5.74, 6) is -0.381. The van der Waals surface area contributed by atoms with Gasteiger partial charge in [-0.15, -0.1) is 6.58 Å². The van der Waals surface area contributed by atoms with Crippen LogP contribution in [-0.2, 0) is 15.2 Å². The zero-order valence-corrected chi connectivity index (χ0v) is 14.9. The fourth-order valence-corrected chi connectivity index (χ4v) is 3.24. The third kappa shape index (κ3) is 3.23. The topological polar surface area (TPSA) is 70.8 Å². The third-order valence-corrected chi connectivity index (χ3v) is 4.51. The lowest BCUT2D eigenvalue weighted by Crippen LogP contribution is -2.41. The van der Waals surface area contributed by atoms with E-state index in [2.05, 4.69) is 22.5 Å². The lowest BCUT2D eigenvalue weighted by molar-refractivity contribution is -0.140. The average molecular weight is 402 g/mol. The summed E-state index contributed by atoms with van der Waals surface area (Å²) in [7, 11) is 0. The van der Waals surface area contributed by atoms with Gasteiger partial charge in [0.2, 0.25) is 0 Å². The molecule has 0 saturated heterocycles. The standard InChI is InChI=1S/C19H16BrNO4/c1-2-9-21-17-8-5-13(20)11-16(17)19(24,18(21)23)12-14(22)6-7-15-4-3-10-25-15/h2-8,10-11,24H,1,9,12H2/b7-6-/t19-/m1/s1. The zero-order chi connectivity index (χ0) is 18.0. The molecule has 25 heavy (non-hydrogen) atoms. The highest BCUT2D eigenvalue weighted by atomic mass is 79.9. The van der Waals surface area contributed by atoms with Gasteiger partial charge in [-0.1, -0.05) is 22.0 Å². The molecule has 0 aliphatic carbocycles. The maximum Gasteiger partial charge on any atom is 0.264 e. The summed E-state index contributed by atoms with van der Waals surface area (Å²) in [6.45, 7) is 3.90. The second kappa shape index (κ2) is 6.82. The predicted octanol–water partition coefficient (Wildman–Crippen LogP) is 3.43. The first-order chi connectivity index (χ1) is 12.0. The summed E-state index contributed by atoms with van der Waals surface area (Å²) in [5, 5.41) is 11.0. The van der Waals surface area contributed by atoms with Gasteiger partial charge in [0, 0.05) is 16.6 Å². The number of furan rings is 1. The van der Waals surface area contributed by atoms with Crippen molar-refractivity contribution >= 4 is 39.4 Å². The molecule has 0 radical (unpaired) electrons. The van der Waals surface area contributed by atoms with Crippen LogP contribution in [0.5, 0.6) is 0 Å². The molecule has 0 spiro atoms. The molecule has 1 N–H and O–H groups in total. The summed E-state index contributed by atoms with van der Waals surface area (Å²) >= 11 is 3.35. The summed E-state index contributed by atoms with van der Waals surface area (Å²) in [6.07, 6.45) is 5.54. The molecule has 1 atom stereocenters. The minimum atomic E-state index is -1.90. The molecule has 1 aromatic heterocycles. The molecule has 1 amide bonds. The first-order valence-corrected chi connectivity index (χ1v) is 8.44. The van der Waals surface area contributed by atoms with Crippen LogP contribution in [0.25, 0.3) is 6.08 Å². The molecule has 5 nitrogen and oxygen atoms in total. The van der Waals surface area contributed by atoms with E-state index in [1.807, 2.05) is 0 Å². The van der Waals surface area contributed by atoms with Gasteiger partial charge in [-0.2, -0.15) is 0 Å². The van der Waals surface area contributed by atoms with E-state index in [1.165, 1.54) is 23.3 Å². The number of fused-ring (bicyclic) bond motifs is 1. The van der Waals surface area contributed by atoms with Gasteiger partial charge in [0.15, 0.2) is 11.4 Å². The second-order valence-electron chi connectivity index (χ2n) is 5.72. The first kappa shape index (κ1) is 17.4. The van der Waals surface area contributed by atoms with Crippen LogP contribution in [0.2, 0.25) is 0 Å². The van der Waals surface area contributed by atoms with Crippen molar-refractivity contribution in [1.29, 1.82) is 0 Å². The van der Waals surface area contributed by atoms with Crippen molar-refractivity contribution in [3.8, 4) is 0 Å². The van der Waals surface area contributed by atoms with Crippen LogP contribution in [0.4, 0.5) is 5.69 Å². The average Bonchev–Trinajstić information content (AvgIpc) is 3.16. The van der Waals surface area contributed by atoms with Gasteiger partial charge in [-0.25, -0.2) is 0 Å². The van der Waals surface area contributed by atoms with E-state index in [4.69, 9.17) is 4.42 Å². The molecule has 2 aromatic rings. The molecule has 128 valence electrons. The normalized spacial score (nSPS) is 19.4. The fourth-order valence-electron chi connectivity index (χ4n) is 2.88. The van der Waals surface area contributed by atoms with Crippen LogP contribution in [0, 0.1) is 0 Å². The van der Waals surface area contributed by atoms with Crippen LogP contribution >= 0.6 is 15.9 Å². The van der Waals surface area contributed by atoms with Crippen LogP contribution in [-0.4, -0.2) is 23.3 Å². The van der Waals surface area contributed by atoms with Crippen LogP contribution < -0.4 is 4.90 Å². The molecule has 1 aromatic carbocycles. The number of ketones is 1. The molecule has 0 saturated carbocycles. The van der Waals surface area contributed by atoms with Crippen molar-refractivity contribution in [3.63, 3.8) is 0 Å². The fraction of sp³-hybridized carbons (Fsp3) is 0.158. The van der Waals surface area contributed by atoms with Crippen molar-refractivity contribution < 1.29 is 19.1 Å². The number of hydrogen-bond donors (Lipinski definition) is 1. The number of benzene rings is 1. The SMILES string of the molecule is C=CCN1C(=O)[C@@](O)(CC(=O)/C=C\c2ccco2)c2cc(Br)ccc21. The lowest BCUT2D eigenvalue weighted by atomic mass is 9.90. The molecule has 2 heterocycles. The number of carbonyl (C=O) groups is 2. The van der Waals surface area contributed by atoms with E-state index in [-0.39, 0.29) is 18.7 Å². The predicted molar refractivity (Wildman–Crippen MR) is 98.0 cm³/mol. The molecule has 1 aliphatic heterocycles. The van der Waals surface area contributed by atoms with E-state index in [1.54, 1.807) is 36.4 Å². The van der Waals surface area contributed by atoms with Crippen molar-refractivity contribution in [1.82, 2.24) is 0 Å². The van der Waals surface area contributed by atoms with E-state index < -0.39 is 11.5 Å². The van der Waals surface area contributed by atoms with E-state index in [0.717, 1.165) is 4.47 Å². The van der Waals surface area contributed by atoms with E-state index in [0.29, 0.717) is 17.0 Å². The number of anilines is 1. The summed E-state index contributed by atoms with van der Waals surface area (Å²) in [4.78, 5) is 26.5. The van der Waals surface area contributed by atoms with Crippen molar-refractivity contribution in [3.05, 3.63) is 71.1 Å². The highest BCUT2D eigenvalue weighted by molar-refractivity contribution is 9.10. The first-order valence-electron chi connectivity index (χ1n) is 7.65. The summed E-state index contributed by atoms with van der Waals surface area (Å²) < 4.78 is 5.85. The number of allylic oxidation sites excluding steroid dienone is 1. The highest BCUT2D eigenvalue weighted by Gasteiger charge is 2.50. The Balaban J connectivity index is 1.91. The number of halogens is 1. The number of nitrogens with zero attached hydrogens (tertiary/aromatic N) is 1. The highest BCUT2D eigenvalue weighted by Crippen LogP contribution is 2.43. The third-order valence-electron chi connectivity index (χ3n) is 4.01. The van der Waals surface area contributed by atoms with Gasteiger partial charge < -0.3 is 14.4 Å².